The predicted molar refractivity (Wildman–Crippen MR) is 178 cm³/mol. The summed E-state index contributed by atoms with van der Waals surface area (Å²) in [5, 5.41) is 2.13. The van der Waals surface area contributed by atoms with Crippen LogP contribution in [0.25, 0.3) is 41.6 Å². The fourth-order valence-corrected chi connectivity index (χ4v) is 12.2. The molecule has 3 aliphatic heterocycles. The lowest BCUT2D eigenvalue weighted by molar-refractivity contribution is 1.02. The number of aromatic nitrogens is 2. The van der Waals surface area contributed by atoms with Crippen LogP contribution in [0.4, 0.5) is 17.1 Å². The van der Waals surface area contributed by atoms with E-state index in [1.54, 1.807) is 22.7 Å². The third-order valence-electron chi connectivity index (χ3n) is 7.50. The Labute approximate surface area is 264 Å². The summed E-state index contributed by atoms with van der Waals surface area (Å²) in [6.45, 7) is 0. The van der Waals surface area contributed by atoms with Crippen LogP contribution in [0.1, 0.15) is 0 Å². The van der Waals surface area contributed by atoms with Crippen molar-refractivity contribution in [2.45, 2.75) is 29.4 Å². The Morgan fingerprint density at radius 3 is 1.32 bits per heavy atom. The maximum absolute atomic E-state index is 5.01. The number of para-hydroxylation sites is 2. The van der Waals surface area contributed by atoms with Gasteiger partial charge in [-0.15, -0.1) is 22.7 Å². The fourth-order valence-electron chi connectivity index (χ4n) is 5.77. The van der Waals surface area contributed by atoms with Gasteiger partial charge in [-0.05, 0) is 60.7 Å². The molecule has 0 saturated carbocycles. The Bertz CT molecular complexity index is 2070. The van der Waals surface area contributed by atoms with Crippen LogP contribution in [0.2, 0.25) is 0 Å². The van der Waals surface area contributed by atoms with Gasteiger partial charge < -0.3 is 4.90 Å². The highest BCUT2D eigenvalue weighted by Gasteiger charge is 2.40. The van der Waals surface area contributed by atoms with Crippen molar-refractivity contribution >= 4 is 111 Å². The number of thiazole rings is 2. The van der Waals surface area contributed by atoms with Gasteiger partial charge in [0.1, 0.15) is 10.0 Å². The Morgan fingerprint density at radius 1 is 0.512 bits per heavy atom. The van der Waals surface area contributed by atoms with Gasteiger partial charge in [0.25, 0.3) is 0 Å². The number of rotatable bonds is 2. The third-order valence-corrected chi connectivity index (χ3v) is 13.3. The molecule has 0 aliphatic carbocycles. The minimum atomic E-state index is 1.06. The predicted octanol–water partition coefficient (Wildman–Crippen LogP) is 11.9. The molecule has 41 heavy (non-hydrogen) atoms. The van der Waals surface area contributed by atoms with Crippen molar-refractivity contribution in [3.8, 4) is 21.1 Å². The highest BCUT2D eigenvalue weighted by atomic mass is 79.9. The molecule has 7 aromatic rings. The van der Waals surface area contributed by atoms with Gasteiger partial charge in [0, 0.05) is 45.0 Å². The maximum atomic E-state index is 5.01. The van der Waals surface area contributed by atoms with Gasteiger partial charge in [-0.25, -0.2) is 9.97 Å². The lowest BCUT2D eigenvalue weighted by Crippen LogP contribution is -2.22. The van der Waals surface area contributed by atoms with E-state index in [0.29, 0.717) is 0 Å². The van der Waals surface area contributed by atoms with Crippen LogP contribution >= 0.6 is 73.9 Å². The number of benzene rings is 5. The van der Waals surface area contributed by atoms with Crippen LogP contribution in [0.3, 0.4) is 0 Å². The third kappa shape index (κ3) is 3.48. The summed E-state index contributed by atoms with van der Waals surface area (Å²) in [5.41, 5.74) is 8.35. The van der Waals surface area contributed by atoms with Gasteiger partial charge in [0.05, 0.1) is 37.5 Å². The molecule has 0 amide bonds. The lowest BCUT2D eigenvalue weighted by atomic mass is 10.1. The molecule has 9 heteroatoms. The molecule has 5 aromatic carbocycles. The molecule has 0 saturated heterocycles. The molecule has 0 bridgehead atoms. The Balaban J connectivity index is 1.22. The number of anilines is 3. The van der Waals surface area contributed by atoms with Crippen molar-refractivity contribution in [3.63, 3.8) is 0 Å². The zero-order chi connectivity index (χ0) is 26.8. The SMILES string of the molecule is Brc1cc2c3c(c1)Sc1cc(-c4nc5ccccc5s4)cc4c1N3c1c(cc(-c3nc5ccccc5s3)cc1S4)S2. The smallest absolute Gasteiger partial charge is 0.124 e. The Hall–Kier alpha value is -2.79. The minimum Gasteiger partial charge on any atom is -0.304 e. The average Bonchev–Trinajstić information content (AvgIpc) is 3.61. The van der Waals surface area contributed by atoms with Gasteiger partial charge in [0.2, 0.25) is 0 Å². The quantitative estimate of drug-likeness (QED) is 0.181. The molecule has 2 aromatic heterocycles. The van der Waals surface area contributed by atoms with Crippen LogP contribution in [-0.2, 0) is 0 Å². The van der Waals surface area contributed by atoms with Crippen LogP contribution in [0.15, 0.2) is 119 Å². The molecule has 3 nitrogen and oxygen atoms in total. The van der Waals surface area contributed by atoms with E-state index in [1.165, 1.54) is 67.0 Å². The summed E-state index contributed by atoms with van der Waals surface area (Å²) >= 11 is 13.0. The van der Waals surface area contributed by atoms with Gasteiger partial charge >= 0.3 is 0 Å². The van der Waals surface area contributed by atoms with E-state index in [0.717, 1.165) is 25.5 Å². The molecule has 0 atom stereocenters. The highest BCUT2D eigenvalue weighted by molar-refractivity contribution is 9.10. The first-order valence-electron chi connectivity index (χ1n) is 12.9. The van der Waals surface area contributed by atoms with E-state index in [-0.39, 0.29) is 0 Å². The number of hydrogen-bond donors (Lipinski definition) is 0. The van der Waals surface area contributed by atoms with E-state index in [1.807, 2.05) is 35.3 Å². The molecular weight excluding hydrogens is 667 g/mol. The Morgan fingerprint density at radius 2 is 0.902 bits per heavy atom. The van der Waals surface area contributed by atoms with Crippen molar-refractivity contribution in [1.29, 1.82) is 0 Å². The highest BCUT2D eigenvalue weighted by Crippen LogP contribution is 2.67. The fraction of sp³-hybridized carbons (Fsp3) is 0. The molecule has 3 aliphatic rings. The van der Waals surface area contributed by atoms with Gasteiger partial charge in [-0.2, -0.15) is 0 Å². The second-order valence-electron chi connectivity index (χ2n) is 10.0. The molecule has 194 valence electrons. The monoisotopic (exact) mass is 679 g/mol. The summed E-state index contributed by atoms with van der Waals surface area (Å²) in [5.74, 6) is 0. The molecule has 0 fully saturated rings. The van der Waals surface area contributed by atoms with Crippen molar-refractivity contribution in [3.05, 3.63) is 89.4 Å². The van der Waals surface area contributed by atoms with Gasteiger partial charge in [-0.1, -0.05) is 75.5 Å². The van der Waals surface area contributed by atoms with E-state index >= 15 is 0 Å². The van der Waals surface area contributed by atoms with E-state index < -0.39 is 0 Å². The standard InChI is InChI=1S/C32H14BrN3S5/c33-17-13-26-30-27(14-17)39-25-12-16(32-35-19-6-2-4-8-21(19)41-32)10-23-29(25)36(30)28-22(37-23)9-15(11-24(28)38-26)31-34-18-5-1-3-7-20(18)40-31/h1-14H. The molecule has 0 N–H and O–H groups in total. The number of nitrogens with zero attached hydrogens (tertiary/aromatic N) is 3. The topological polar surface area (TPSA) is 29.0 Å². The van der Waals surface area contributed by atoms with E-state index in [9.17, 15) is 0 Å². The number of hydrogen-bond acceptors (Lipinski definition) is 8. The summed E-state index contributed by atoms with van der Waals surface area (Å²) in [7, 11) is 0. The summed E-state index contributed by atoms with van der Waals surface area (Å²) in [4.78, 5) is 20.2. The largest absolute Gasteiger partial charge is 0.304 e. The zero-order valence-corrected chi connectivity index (χ0v) is 26.5. The minimum absolute atomic E-state index is 1.06. The van der Waals surface area contributed by atoms with E-state index in [2.05, 4.69) is 106 Å². The van der Waals surface area contributed by atoms with Crippen LogP contribution in [0, 0.1) is 0 Å². The van der Waals surface area contributed by atoms with Crippen molar-refractivity contribution in [1.82, 2.24) is 9.97 Å². The molecular formula is C32H14BrN3S5. The second kappa shape index (κ2) is 8.63. The van der Waals surface area contributed by atoms with Crippen LogP contribution in [-0.4, -0.2) is 9.97 Å². The van der Waals surface area contributed by atoms with Crippen molar-refractivity contribution in [2.75, 3.05) is 4.90 Å². The first-order valence-corrected chi connectivity index (χ1v) is 17.8. The molecule has 0 spiro atoms. The maximum Gasteiger partial charge on any atom is 0.124 e. The molecule has 5 heterocycles. The van der Waals surface area contributed by atoms with Crippen LogP contribution in [0.5, 0.6) is 0 Å². The summed E-state index contributed by atoms with van der Waals surface area (Å²) in [6.07, 6.45) is 0. The summed E-state index contributed by atoms with van der Waals surface area (Å²) < 4.78 is 3.54. The van der Waals surface area contributed by atoms with Crippen molar-refractivity contribution < 1.29 is 0 Å². The van der Waals surface area contributed by atoms with Gasteiger partial charge in [-0.3, -0.25) is 0 Å². The van der Waals surface area contributed by atoms with Crippen molar-refractivity contribution in [2.24, 2.45) is 0 Å². The first-order chi connectivity index (χ1) is 20.2. The number of halogens is 1. The first kappa shape index (κ1) is 23.7. The van der Waals surface area contributed by atoms with Gasteiger partial charge in [0.15, 0.2) is 0 Å². The van der Waals surface area contributed by atoms with Crippen LogP contribution < -0.4 is 4.90 Å². The molecule has 10 rings (SSSR count). The van der Waals surface area contributed by atoms with E-state index in [4.69, 9.17) is 9.97 Å². The molecule has 0 radical (unpaired) electrons. The normalized spacial score (nSPS) is 14.1. The Kier molecular flexibility index (Phi) is 4.99. The average molecular weight is 681 g/mol. The summed E-state index contributed by atoms with van der Waals surface area (Å²) in [6, 6.07) is 30.7. The lowest BCUT2D eigenvalue weighted by Gasteiger charge is -2.43. The second-order valence-corrected chi connectivity index (χ2v) is 16.2. The number of fused-ring (bicyclic) bond motifs is 2. The zero-order valence-electron chi connectivity index (χ0n) is 20.8. The molecule has 0 unspecified atom stereocenters.